The van der Waals surface area contributed by atoms with Gasteiger partial charge in [-0.1, -0.05) is 0 Å². The predicted molar refractivity (Wildman–Crippen MR) is 207 cm³/mol. The van der Waals surface area contributed by atoms with Gasteiger partial charge >= 0.3 is 197 Å². The number of thiazole rings is 1. The monoisotopic (exact) mass is 717 g/mol. The number of hydrogen-bond donors (Lipinski definition) is 2. The van der Waals surface area contributed by atoms with Gasteiger partial charge in [0.25, 0.3) is 0 Å². The molecule has 260 valence electrons. The van der Waals surface area contributed by atoms with Crippen LogP contribution in [0.5, 0.6) is 28.7 Å². The maximum absolute atomic E-state index is 12.7. The quantitative estimate of drug-likeness (QED) is 0.0790. The SMILES string of the molecule is COc1cc(Oc2ccc3nc(C#N)sc3c2)cc(OCC(=O)NCCCCCC[PH](c2ccccc2)(c2ccccc2)c2ccccc2)c1O. The molecule has 0 saturated carbocycles. The van der Waals surface area contributed by atoms with E-state index in [1.807, 2.05) is 0 Å². The van der Waals surface area contributed by atoms with E-state index in [9.17, 15) is 9.90 Å². The number of phenolic OH excluding ortho intramolecular Hbond substituents is 1. The Labute approximate surface area is 302 Å². The average Bonchev–Trinajstić information content (AvgIpc) is 3.60. The van der Waals surface area contributed by atoms with Gasteiger partial charge < -0.3 is 14.6 Å². The number of carbonyl (C=O) groups excluding carboxylic acids is 1. The van der Waals surface area contributed by atoms with E-state index in [1.54, 1.807) is 18.2 Å². The number of aromatic hydroxyl groups is 1. The number of phenols is 1. The normalized spacial score (nSPS) is 11.5. The second-order valence-electron chi connectivity index (χ2n) is 12.1. The van der Waals surface area contributed by atoms with E-state index in [4.69, 9.17) is 19.5 Å². The van der Waals surface area contributed by atoms with E-state index in [1.165, 1.54) is 46.5 Å². The minimum absolute atomic E-state index is 0.0630. The summed E-state index contributed by atoms with van der Waals surface area (Å²) in [5.41, 5.74) is 0.708. The van der Waals surface area contributed by atoms with Crippen LogP contribution in [0.1, 0.15) is 30.7 Å². The molecule has 1 aromatic heterocycles. The zero-order chi connectivity index (χ0) is 35.5. The first-order valence-electron chi connectivity index (χ1n) is 17.0. The molecule has 2 N–H and O–H groups in total. The van der Waals surface area contributed by atoms with Crippen LogP contribution in [0.3, 0.4) is 0 Å². The summed E-state index contributed by atoms with van der Waals surface area (Å²) in [4.78, 5) is 16.9. The van der Waals surface area contributed by atoms with Crippen LogP contribution in [0, 0.1) is 11.3 Å². The minimum atomic E-state index is -2.24. The van der Waals surface area contributed by atoms with Crippen molar-refractivity contribution < 1.29 is 24.1 Å². The Morgan fingerprint density at radius 3 is 2.02 bits per heavy atom. The van der Waals surface area contributed by atoms with Crippen LogP contribution >= 0.6 is 18.6 Å². The number of methoxy groups -OCH3 is 1. The first-order chi connectivity index (χ1) is 25.0. The Morgan fingerprint density at radius 1 is 0.804 bits per heavy atom. The zero-order valence-corrected chi connectivity index (χ0v) is 30.2. The van der Waals surface area contributed by atoms with Crippen molar-refractivity contribution in [1.29, 1.82) is 5.26 Å². The van der Waals surface area contributed by atoms with Gasteiger partial charge in [0.2, 0.25) is 0 Å². The molecule has 1 heterocycles. The fourth-order valence-corrected chi connectivity index (χ4v) is 12.1. The number of carbonyl (C=O) groups is 1. The van der Waals surface area contributed by atoms with Crippen molar-refractivity contribution in [3.8, 4) is 34.8 Å². The summed E-state index contributed by atoms with van der Waals surface area (Å²) in [6.07, 6.45) is 5.09. The van der Waals surface area contributed by atoms with Crippen molar-refractivity contribution in [1.82, 2.24) is 10.3 Å². The van der Waals surface area contributed by atoms with Gasteiger partial charge in [-0.25, -0.2) is 4.98 Å². The molecule has 0 fully saturated rings. The molecule has 51 heavy (non-hydrogen) atoms. The summed E-state index contributed by atoms with van der Waals surface area (Å²) in [7, 11) is -0.814. The van der Waals surface area contributed by atoms with E-state index < -0.39 is 7.26 Å². The van der Waals surface area contributed by atoms with Crippen LogP contribution < -0.4 is 35.4 Å². The summed E-state index contributed by atoms with van der Waals surface area (Å²) in [6, 6.07) is 43.3. The molecule has 0 aliphatic heterocycles. The molecule has 6 aromatic rings. The van der Waals surface area contributed by atoms with Gasteiger partial charge in [0.1, 0.15) is 17.6 Å². The number of fused-ring (bicyclic) bond motifs is 1. The molecule has 0 spiro atoms. The Bertz CT molecular complexity index is 2010. The molecule has 0 atom stereocenters. The van der Waals surface area contributed by atoms with Crippen LogP contribution in [0.4, 0.5) is 0 Å². The van der Waals surface area contributed by atoms with Crippen LogP contribution in [0.2, 0.25) is 0 Å². The Kier molecular flexibility index (Phi) is 11.8. The van der Waals surface area contributed by atoms with E-state index in [0.29, 0.717) is 28.6 Å². The number of nitrogens with zero attached hydrogens (tertiary/aromatic N) is 2. The van der Waals surface area contributed by atoms with E-state index in [-0.39, 0.29) is 29.8 Å². The van der Waals surface area contributed by atoms with Gasteiger partial charge in [-0.15, -0.1) is 11.3 Å². The molecule has 0 radical (unpaired) electrons. The Hall–Kier alpha value is -5.42. The maximum atomic E-state index is 12.7. The van der Waals surface area contributed by atoms with Gasteiger partial charge in [0, 0.05) is 12.1 Å². The van der Waals surface area contributed by atoms with Gasteiger partial charge in [0.15, 0.2) is 10.8 Å². The van der Waals surface area contributed by atoms with Crippen molar-refractivity contribution >= 4 is 50.6 Å². The summed E-state index contributed by atoms with van der Waals surface area (Å²) in [5, 5.41) is 27.4. The third-order valence-corrected chi connectivity index (χ3v) is 14.9. The third kappa shape index (κ3) is 8.49. The smallest absolute Gasteiger partial charge is 0.502 e. The fraction of sp³-hybridized carbons (Fsp3) is 0.195. The number of unbranched alkanes of at least 4 members (excludes halogenated alkanes) is 3. The second kappa shape index (κ2) is 17.0. The average molecular weight is 718 g/mol. The number of amides is 1. The molecule has 10 heteroatoms. The van der Waals surface area contributed by atoms with Gasteiger partial charge in [-0.3, -0.25) is 0 Å². The number of hydrogen-bond acceptors (Lipinski definition) is 8. The molecule has 0 aliphatic carbocycles. The number of benzene rings is 5. The first kappa shape index (κ1) is 35.4. The zero-order valence-electron chi connectivity index (χ0n) is 28.4. The molecule has 0 unspecified atom stereocenters. The summed E-state index contributed by atoms with van der Waals surface area (Å²) < 4.78 is 17.8. The molecule has 0 saturated heterocycles. The van der Waals surface area contributed by atoms with E-state index >= 15 is 0 Å². The second-order valence-corrected chi connectivity index (χ2v) is 17.2. The molecule has 5 aromatic carbocycles. The molecular weight excluding hydrogens is 678 g/mol. The molecule has 8 nitrogen and oxygen atoms in total. The van der Waals surface area contributed by atoms with Crippen molar-refractivity contribution in [3.05, 3.63) is 126 Å². The molecule has 0 aliphatic rings. The third-order valence-electron chi connectivity index (χ3n) is 8.88. The number of rotatable bonds is 16. The topological polar surface area (TPSA) is 114 Å². The number of aromatic nitrogens is 1. The fourth-order valence-electron chi connectivity index (χ4n) is 6.43. The van der Waals surface area contributed by atoms with E-state index in [2.05, 4.69) is 107 Å². The van der Waals surface area contributed by atoms with Crippen molar-refractivity contribution in [2.24, 2.45) is 0 Å². The van der Waals surface area contributed by atoms with Crippen LogP contribution in [-0.4, -0.2) is 42.4 Å². The van der Waals surface area contributed by atoms with Crippen molar-refractivity contribution in [2.75, 3.05) is 26.4 Å². The predicted octanol–water partition coefficient (Wildman–Crippen LogP) is 7.46. The van der Waals surface area contributed by atoms with Crippen LogP contribution in [0.15, 0.2) is 121 Å². The number of nitriles is 1. The van der Waals surface area contributed by atoms with Gasteiger partial charge in [-0.2, -0.15) is 5.26 Å². The molecular formula is C41H40N3O5PS. The summed E-state index contributed by atoms with van der Waals surface area (Å²) >= 11 is 1.27. The molecule has 6 rings (SSSR count). The van der Waals surface area contributed by atoms with Gasteiger partial charge in [0.05, 0.1) is 17.3 Å². The van der Waals surface area contributed by atoms with Gasteiger partial charge in [-0.05, 0) is 12.1 Å². The van der Waals surface area contributed by atoms with Crippen LogP contribution in [0.25, 0.3) is 10.2 Å². The Morgan fingerprint density at radius 2 is 1.41 bits per heavy atom. The van der Waals surface area contributed by atoms with E-state index in [0.717, 1.165) is 36.5 Å². The standard InChI is InChI=1S/C41H40N3O5PS/c1-47-36-25-31(49-30-21-22-35-38(27-30)51-40(28-42)44-35)26-37(41(36)46)48-29-39(45)43-23-13-2-3-14-24-50(32-15-7-4-8-16-32,33-17-9-5-10-18-33)34-19-11-6-12-20-34/h4-12,15-22,25-27,46,50H,2-3,13-14,23-24,29H2,1H3,(H,43,45). The summed E-state index contributed by atoms with van der Waals surface area (Å²) in [5.74, 6) is 0.562. The molecule has 1 amide bonds. The minimum Gasteiger partial charge on any atom is -0.502 e. The van der Waals surface area contributed by atoms with Crippen LogP contribution in [-0.2, 0) is 4.79 Å². The first-order valence-corrected chi connectivity index (χ1v) is 20.0. The summed E-state index contributed by atoms with van der Waals surface area (Å²) in [6.45, 7) is 0.260. The van der Waals surface area contributed by atoms with Crippen molar-refractivity contribution in [2.45, 2.75) is 25.7 Å². The Balaban J connectivity index is 1.01. The number of nitrogens with one attached hydrogen (secondary N) is 1. The van der Waals surface area contributed by atoms with Crippen molar-refractivity contribution in [3.63, 3.8) is 0 Å². The molecule has 0 bridgehead atoms. The number of ether oxygens (including phenoxy) is 3.